The zero-order valence-electron chi connectivity index (χ0n) is 14.4. The molecule has 0 amide bonds. The number of thiazole rings is 1. The number of methoxy groups -OCH3 is 1. The van der Waals surface area contributed by atoms with Crippen LogP contribution in [-0.4, -0.2) is 37.8 Å². The average Bonchev–Trinajstić information content (AvgIpc) is 2.81. The van der Waals surface area contributed by atoms with E-state index in [0.717, 1.165) is 37.8 Å². The van der Waals surface area contributed by atoms with Gasteiger partial charge < -0.3 is 15.0 Å². The molecule has 0 aliphatic carbocycles. The predicted molar refractivity (Wildman–Crippen MR) is 92.4 cm³/mol. The highest BCUT2D eigenvalue weighted by molar-refractivity contribution is 7.15. The van der Waals surface area contributed by atoms with Crippen LogP contribution < -0.4 is 10.2 Å². The minimum Gasteiger partial charge on any atom is -0.383 e. The number of nitrogens with zero attached hydrogens (tertiary/aromatic N) is 2. The van der Waals surface area contributed by atoms with Crippen molar-refractivity contribution in [3.8, 4) is 0 Å². The number of anilines is 1. The quantitative estimate of drug-likeness (QED) is 0.719. The maximum atomic E-state index is 5.22. The maximum absolute atomic E-state index is 5.22. The Labute approximate surface area is 133 Å². The van der Waals surface area contributed by atoms with Gasteiger partial charge in [0.25, 0.3) is 0 Å². The van der Waals surface area contributed by atoms with Crippen molar-refractivity contribution < 1.29 is 4.74 Å². The third-order valence-electron chi connectivity index (χ3n) is 3.35. The molecule has 0 atom stereocenters. The van der Waals surface area contributed by atoms with Crippen LogP contribution in [0.3, 0.4) is 0 Å². The molecule has 0 unspecified atom stereocenters. The molecule has 1 rings (SSSR count). The van der Waals surface area contributed by atoms with Crippen LogP contribution in [0.15, 0.2) is 0 Å². The van der Waals surface area contributed by atoms with Gasteiger partial charge >= 0.3 is 0 Å². The summed E-state index contributed by atoms with van der Waals surface area (Å²) < 4.78 is 5.22. The highest BCUT2D eigenvalue weighted by Crippen LogP contribution is 2.28. The van der Waals surface area contributed by atoms with Crippen LogP contribution in [0.5, 0.6) is 0 Å². The van der Waals surface area contributed by atoms with Gasteiger partial charge in [0.15, 0.2) is 5.13 Å². The first-order valence-electron chi connectivity index (χ1n) is 7.94. The van der Waals surface area contributed by atoms with Gasteiger partial charge in [0.05, 0.1) is 12.3 Å². The number of rotatable bonds is 10. The van der Waals surface area contributed by atoms with Crippen molar-refractivity contribution in [3.63, 3.8) is 0 Å². The molecule has 0 bridgehead atoms. The third-order valence-corrected chi connectivity index (χ3v) is 4.48. The highest BCUT2D eigenvalue weighted by atomic mass is 32.1. The Bertz CT molecular complexity index is 404. The molecule has 1 aromatic heterocycles. The van der Waals surface area contributed by atoms with Crippen LogP contribution in [0, 0.1) is 5.92 Å². The van der Waals surface area contributed by atoms with Crippen LogP contribution in [0.4, 0.5) is 5.13 Å². The molecule has 0 aromatic carbocycles. The maximum Gasteiger partial charge on any atom is 0.186 e. The van der Waals surface area contributed by atoms with E-state index in [4.69, 9.17) is 9.72 Å². The molecule has 1 aromatic rings. The fraction of sp³-hybridized carbons (Fsp3) is 0.812. The van der Waals surface area contributed by atoms with Crippen molar-refractivity contribution in [3.05, 3.63) is 10.6 Å². The molecule has 1 heterocycles. The summed E-state index contributed by atoms with van der Waals surface area (Å²) in [5, 5.41) is 4.65. The number of hydrogen-bond acceptors (Lipinski definition) is 5. The van der Waals surface area contributed by atoms with Gasteiger partial charge in [-0.2, -0.15) is 0 Å². The molecule has 0 fully saturated rings. The molecule has 21 heavy (non-hydrogen) atoms. The fourth-order valence-electron chi connectivity index (χ4n) is 2.15. The number of hydrogen-bond donors (Lipinski definition) is 1. The molecule has 0 aliphatic rings. The fourth-order valence-corrected chi connectivity index (χ4v) is 3.42. The van der Waals surface area contributed by atoms with Gasteiger partial charge in [0.1, 0.15) is 0 Å². The monoisotopic (exact) mass is 313 g/mol. The highest BCUT2D eigenvalue weighted by Gasteiger charge is 2.17. The molecule has 5 heteroatoms. The number of aryl methyl sites for hydroxylation is 1. The summed E-state index contributed by atoms with van der Waals surface area (Å²) in [7, 11) is 1.75. The third kappa shape index (κ3) is 5.93. The molecule has 0 radical (unpaired) electrons. The molecule has 4 nitrogen and oxygen atoms in total. The second-order valence-corrected chi connectivity index (χ2v) is 7.09. The average molecular weight is 314 g/mol. The lowest BCUT2D eigenvalue weighted by Gasteiger charge is -2.25. The Morgan fingerprint density at radius 2 is 2.00 bits per heavy atom. The lowest BCUT2D eigenvalue weighted by atomic mass is 10.2. The molecule has 0 saturated heterocycles. The van der Waals surface area contributed by atoms with Crippen molar-refractivity contribution >= 4 is 16.5 Å². The van der Waals surface area contributed by atoms with Crippen molar-refractivity contribution in [2.75, 3.05) is 31.7 Å². The SMILES string of the molecule is CCc1nc(N(CCOC)C(C)C)sc1CNCC(C)C. The summed E-state index contributed by atoms with van der Waals surface area (Å²) in [6, 6.07) is 0.437. The summed E-state index contributed by atoms with van der Waals surface area (Å²) in [6.45, 7) is 14.7. The van der Waals surface area contributed by atoms with Gasteiger partial charge in [-0.15, -0.1) is 11.3 Å². The van der Waals surface area contributed by atoms with Gasteiger partial charge in [-0.1, -0.05) is 20.8 Å². The van der Waals surface area contributed by atoms with Crippen molar-refractivity contribution in [1.29, 1.82) is 0 Å². The zero-order chi connectivity index (χ0) is 15.8. The largest absolute Gasteiger partial charge is 0.383 e. The van der Waals surface area contributed by atoms with Gasteiger partial charge in [0, 0.05) is 31.1 Å². The minimum absolute atomic E-state index is 0.437. The standard InChI is InChI=1S/C16H31N3OS/c1-7-14-15(11-17-10-12(2)3)21-16(18-14)19(13(4)5)8-9-20-6/h12-13,17H,7-11H2,1-6H3. The van der Waals surface area contributed by atoms with Crippen LogP contribution in [0.1, 0.15) is 45.2 Å². The van der Waals surface area contributed by atoms with E-state index in [1.54, 1.807) is 7.11 Å². The van der Waals surface area contributed by atoms with Crippen molar-refractivity contribution in [2.24, 2.45) is 5.92 Å². The van der Waals surface area contributed by atoms with E-state index in [9.17, 15) is 0 Å². The Morgan fingerprint density at radius 1 is 1.29 bits per heavy atom. The molecule has 0 aliphatic heterocycles. The molecule has 0 spiro atoms. The molecular weight excluding hydrogens is 282 g/mol. The van der Waals surface area contributed by atoms with Gasteiger partial charge in [-0.25, -0.2) is 4.98 Å². The summed E-state index contributed by atoms with van der Waals surface area (Å²) >= 11 is 1.82. The summed E-state index contributed by atoms with van der Waals surface area (Å²) in [6.07, 6.45) is 0.991. The summed E-state index contributed by atoms with van der Waals surface area (Å²) in [5.74, 6) is 0.677. The Hall–Kier alpha value is -0.650. The Morgan fingerprint density at radius 3 is 2.52 bits per heavy atom. The smallest absolute Gasteiger partial charge is 0.186 e. The van der Waals surface area contributed by atoms with Crippen LogP contribution in [0.2, 0.25) is 0 Å². The van der Waals surface area contributed by atoms with Crippen molar-refractivity contribution in [2.45, 2.75) is 53.6 Å². The number of aromatic nitrogens is 1. The topological polar surface area (TPSA) is 37.4 Å². The predicted octanol–water partition coefficient (Wildman–Crippen LogP) is 3.31. The van der Waals surface area contributed by atoms with Gasteiger partial charge in [-0.05, 0) is 32.7 Å². The lowest BCUT2D eigenvalue weighted by Crippen LogP contribution is -2.33. The van der Waals surface area contributed by atoms with E-state index in [1.165, 1.54) is 10.6 Å². The first-order valence-corrected chi connectivity index (χ1v) is 8.76. The van der Waals surface area contributed by atoms with Crippen LogP contribution >= 0.6 is 11.3 Å². The Balaban J connectivity index is 2.79. The van der Waals surface area contributed by atoms with E-state index in [-0.39, 0.29) is 0 Å². The van der Waals surface area contributed by atoms with Crippen LogP contribution in [-0.2, 0) is 17.7 Å². The number of nitrogens with one attached hydrogen (secondary N) is 1. The summed E-state index contributed by atoms with van der Waals surface area (Å²) in [5.41, 5.74) is 1.23. The minimum atomic E-state index is 0.437. The van der Waals surface area contributed by atoms with E-state index in [0.29, 0.717) is 12.0 Å². The van der Waals surface area contributed by atoms with Gasteiger partial charge in [-0.3, -0.25) is 0 Å². The zero-order valence-corrected chi connectivity index (χ0v) is 15.2. The number of ether oxygens (including phenoxy) is 1. The van der Waals surface area contributed by atoms with Crippen molar-refractivity contribution in [1.82, 2.24) is 10.3 Å². The van der Waals surface area contributed by atoms with E-state index < -0.39 is 0 Å². The van der Waals surface area contributed by atoms with E-state index in [1.807, 2.05) is 11.3 Å². The van der Waals surface area contributed by atoms with Gasteiger partial charge in [0.2, 0.25) is 0 Å². The second kappa shape index (κ2) is 9.38. The van der Waals surface area contributed by atoms with E-state index in [2.05, 4.69) is 44.8 Å². The first-order chi connectivity index (χ1) is 9.99. The second-order valence-electron chi connectivity index (χ2n) is 6.02. The summed E-state index contributed by atoms with van der Waals surface area (Å²) in [4.78, 5) is 8.55. The van der Waals surface area contributed by atoms with Crippen LogP contribution in [0.25, 0.3) is 0 Å². The molecule has 1 N–H and O–H groups in total. The lowest BCUT2D eigenvalue weighted by molar-refractivity contribution is 0.204. The normalized spacial score (nSPS) is 11.6. The van der Waals surface area contributed by atoms with E-state index >= 15 is 0 Å². The molecule has 0 saturated carbocycles. The Kier molecular flexibility index (Phi) is 8.22. The first kappa shape index (κ1) is 18.4. The molecule has 122 valence electrons. The molecular formula is C16H31N3OS.